The Morgan fingerprint density at radius 3 is 2.39 bits per heavy atom. The summed E-state index contributed by atoms with van der Waals surface area (Å²) in [6, 6.07) is 2.36. The molecular weight excluding hydrogens is 452 g/mol. The third-order valence-corrected chi connectivity index (χ3v) is 6.80. The molecule has 3 aromatic rings. The predicted molar refractivity (Wildman–Crippen MR) is 121 cm³/mol. The highest BCUT2D eigenvalue weighted by Gasteiger charge is 2.30. The summed E-state index contributed by atoms with van der Waals surface area (Å²) in [6.45, 7) is 0. The monoisotopic (exact) mass is 475 g/mol. The fourth-order valence-corrected chi connectivity index (χ4v) is 4.71. The van der Waals surface area contributed by atoms with Gasteiger partial charge in [0.2, 0.25) is 17.8 Å². The maximum absolute atomic E-state index is 14.5. The highest BCUT2D eigenvalue weighted by Crippen LogP contribution is 2.38. The summed E-state index contributed by atoms with van der Waals surface area (Å²) in [5.41, 5.74) is 6.21. The SMILES string of the molecule is NC(=O)[C@H]1CC[C@@H](n2c(Nc3c(F)cc(Cl)cc3F)nc3cnc(NC4CCC4)nc32)CC1. The van der Waals surface area contributed by atoms with Crippen molar-refractivity contribution in [1.82, 2.24) is 19.5 Å². The van der Waals surface area contributed by atoms with E-state index < -0.39 is 11.6 Å². The van der Waals surface area contributed by atoms with Gasteiger partial charge in [-0.25, -0.2) is 18.7 Å². The van der Waals surface area contributed by atoms with Crippen molar-refractivity contribution in [2.75, 3.05) is 10.6 Å². The van der Waals surface area contributed by atoms with Gasteiger partial charge in [0, 0.05) is 23.0 Å². The first kappa shape index (κ1) is 21.8. The van der Waals surface area contributed by atoms with Crippen molar-refractivity contribution in [3.05, 3.63) is 35.0 Å². The van der Waals surface area contributed by atoms with Crippen LogP contribution < -0.4 is 16.4 Å². The van der Waals surface area contributed by atoms with E-state index in [0.29, 0.717) is 48.8 Å². The predicted octanol–water partition coefficient (Wildman–Crippen LogP) is 4.68. The zero-order chi connectivity index (χ0) is 23.1. The third-order valence-electron chi connectivity index (χ3n) is 6.58. The van der Waals surface area contributed by atoms with E-state index in [1.54, 1.807) is 6.20 Å². The molecule has 33 heavy (non-hydrogen) atoms. The molecule has 2 aliphatic carbocycles. The summed E-state index contributed by atoms with van der Waals surface area (Å²) in [5.74, 6) is -1.38. The molecule has 8 nitrogen and oxygen atoms in total. The minimum Gasteiger partial charge on any atom is -0.369 e. The molecule has 4 N–H and O–H groups in total. The Hall–Kier alpha value is -3.01. The average Bonchev–Trinajstić information content (AvgIpc) is 3.10. The molecule has 2 saturated carbocycles. The van der Waals surface area contributed by atoms with Crippen LogP contribution in [0.2, 0.25) is 5.02 Å². The number of primary amides is 1. The molecule has 0 spiro atoms. The van der Waals surface area contributed by atoms with Gasteiger partial charge >= 0.3 is 0 Å². The number of hydrogen-bond donors (Lipinski definition) is 3. The molecule has 2 heterocycles. The van der Waals surface area contributed by atoms with E-state index in [2.05, 4.69) is 25.6 Å². The Labute approximate surface area is 193 Å². The van der Waals surface area contributed by atoms with Crippen LogP contribution in [-0.2, 0) is 4.79 Å². The second kappa shape index (κ2) is 8.74. The lowest BCUT2D eigenvalue weighted by atomic mass is 9.85. The molecule has 0 aliphatic heterocycles. The number of imidazole rings is 1. The normalized spacial score (nSPS) is 21.1. The van der Waals surface area contributed by atoms with Crippen molar-refractivity contribution < 1.29 is 13.6 Å². The van der Waals surface area contributed by atoms with Gasteiger partial charge in [-0.1, -0.05) is 11.6 Å². The van der Waals surface area contributed by atoms with Gasteiger partial charge in [-0.15, -0.1) is 0 Å². The molecule has 174 valence electrons. The van der Waals surface area contributed by atoms with Gasteiger partial charge in [0.15, 0.2) is 17.3 Å². The lowest BCUT2D eigenvalue weighted by Gasteiger charge is -2.29. The van der Waals surface area contributed by atoms with E-state index in [1.165, 1.54) is 6.42 Å². The maximum atomic E-state index is 14.5. The average molecular weight is 476 g/mol. The van der Waals surface area contributed by atoms with E-state index in [1.807, 2.05) is 4.57 Å². The topological polar surface area (TPSA) is 111 Å². The molecule has 1 aromatic carbocycles. The van der Waals surface area contributed by atoms with Crippen LogP contribution in [0.15, 0.2) is 18.3 Å². The van der Waals surface area contributed by atoms with E-state index in [4.69, 9.17) is 17.3 Å². The standard InChI is InChI=1S/C22H24ClF2N7O/c23-12-8-15(24)18(16(25)9-12)30-22-29-17-10-27-21(28-13-2-1-3-13)31-20(17)32(22)14-6-4-11(5-7-14)19(26)33/h8-11,13-14H,1-7H2,(H2,26,33)(H,29,30)(H,27,28,31)/t11-,14+. The Kier molecular flexibility index (Phi) is 5.77. The van der Waals surface area contributed by atoms with Gasteiger partial charge in [-0.05, 0) is 57.1 Å². The summed E-state index contributed by atoms with van der Waals surface area (Å²) in [6.07, 6.45) is 7.49. The molecule has 5 rings (SSSR count). The first-order valence-corrected chi connectivity index (χ1v) is 11.5. The molecule has 0 radical (unpaired) electrons. The van der Waals surface area contributed by atoms with Crippen molar-refractivity contribution in [2.45, 2.75) is 57.0 Å². The number of carbonyl (C=O) groups excluding carboxylic acids is 1. The van der Waals surface area contributed by atoms with Gasteiger partial charge in [-0.2, -0.15) is 4.98 Å². The van der Waals surface area contributed by atoms with E-state index >= 15 is 0 Å². The summed E-state index contributed by atoms with van der Waals surface area (Å²) in [5, 5.41) is 6.09. The van der Waals surface area contributed by atoms with Crippen LogP contribution in [0.4, 0.5) is 26.4 Å². The van der Waals surface area contributed by atoms with Crippen LogP contribution in [0.1, 0.15) is 51.0 Å². The zero-order valence-corrected chi connectivity index (χ0v) is 18.6. The first-order valence-electron chi connectivity index (χ1n) is 11.1. The number of benzene rings is 1. The van der Waals surface area contributed by atoms with Crippen LogP contribution in [0.5, 0.6) is 0 Å². The zero-order valence-electron chi connectivity index (χ0n) is 17.8. The van der Waals surface area contributed by atoms with Gasteiger partial charge in [0.25, 0.3) is 0 Å². The smallest absolute Gasteiger partial charge is 0.224 e. The highest BCUT2D eigenvalue weighted by atomic mass is 35.5. The first-order chi connectivity index (χ1) is 15.9. The second-order valence-corrected chi connectivity index (χ2v) is 9.19. The lowest BCUT2D eigenvalue weighted by molar-refractivity contribution is -0.122. The van der Waals surface area contributed by atoms with E-state index in [-0.39, 0.29) is 34.5 Å². The van der Waals surface area contributed by atoms with Crippen LogP contribution in [0, 0.1) is 17.6 Å². The van der Waals surface area contributed by atoms with Gasteiger partial charge < -0.3 is 16.4 Å². The number of rotatable bonds is 6. The molecule has 0 saturated heterocycles. The fraction of sp³-hybridized carbons (Fsp3) is 0.455. The summed E-state index contributed by atoms with van der Waals surface area (Å²) in [7, 11) is 0. The fourth-order valence-electron chi connectivity index (χ4n) is 4.52. The second-order valence-electron chi connectivity index (χ2n) is 8.76. The molecule has 0 bridgehead atoms. The molecule has 0 unspecified atom stereocenters. The number of carbonyl (C=O) groups is 1. The van der Waals surface area contributed by atoms with Gasteiger partial charge in [0.1, 0.15) is 11.2 Å². The number of halogens is 3. The third kappa shape index (κ3) is 4.31. The number of fused-ring (bicyclic) bond motifs is 1. The van der Waals surface area contributed by atoms with E-state index in [0.717, 1.165) is 25.0 Å². The Morgan fingerprint density at radius 1 is 1.09 bits per heavy atom. The van der Waals surface area contributed by atoms with Crippen molar-refractivity contribution in [3.8, 4) is 0 Å². The number of nitrogens with zero attached hydrogens (tertiary/aromatic N) is 4. The summed E-state index contributed by atoms with van der Waals surface area (Å²) < 4.78 is 30.9. The minimum atomic E-state index is -0.825. The highest BCUT2D eigenvalue weighted by molar-refractivity contribution is 6.30. The molecule has 2 fully saturated rings. The summed E-state index contributed by atoms with van der Waals surface area (Å²) >= 11 is 5.77. The number of hydrogen-bond acceptors (Lipinski definition) is 6. The minimum absolute atomic E-state index is 0.0357. The Bertz CT molecular complexity index is 1180. The van der Waals surface area contributed by atoms with Crippen molar-refractivity contribution in [1.29, 1.82) is 0 Å². The number of amides is 1. The Balaban J connectivity index is 1.54. The number of nitrogens with two attached hydrogens (primary N) is 1. The largest absolute Gasteiger partial charge is 0.369 e. The van der Waals surface area contributed by atoms with Crippen LogP contribution >= 0.6 is 11.6 Å². The van der Waals surface area contributed by atoms with Crippen LogP contribution in [0.3, 0.4) is 0 Å². The van der Waals surface area contributed by atoms with Gasteiger partial charge in [-0.3, -0.25) is 9.36 Å². The number of anilines is 3. The van der Waals surface area contributed by atoms with Crippen molar-refractivity contribution >= 4 is 46.3 Å². The van der Waals surface area contributed by atoms with Crippen molar-refractivity contribution in [3.63, 3.8) is 0 Å². The lowest BCUT2D eigenvalue weighted by Crippen LogP contribution is -2.29. The maximum Gasteiger partial charge on any atom is 0.224 e. The molecule has 2 aliphatic rings. The van der Waals surface area contributed by atoms with Crippen LogP contribution in [-0.4, -0.2) is 31.5 Å². The quantitative estimate of drug-likeness (QED) is 0.477. The molecule has 2 aromatic heterocycles. The van der Waals surface area contributed by atoms with Crippen molar-refractivity contribution in [2.24, 2.45) is 11.7 Å². The number of nitrogens with one attached hydrogen (secondary N) is 2. The van der Waals surface area contributed by atoms with Crippen LogP contribution in [0.25, 0.3) is 11.2 Å². The Morgan fingerprint density at radius 2 is 1.79 bits per heavy atom. The molecule has 11 heteroatoms. The molecule has 1 amide bonds. The number of aromatic nitrogens is 4. The summed E-state index contributed by atoms with van der Waals surface area (Å²) in [4.78, 5) is 25.2. The van der Waals surface area contributed by atoms with Gasteiger partial charge in [0.05, 0.1) is 6.20 Å². The molecular formula is C22H24ClF2N7O. The molecule has 0 atom stereocenters. The van der Waals surface area contributed by atoms with E-state index in [9.17, 15) is 13.6 Å².